The van der Waals surface area contributed by atoms with E-state index in [1.165, 1.54) is 5.56 Å². The second-order valence-corrected chi connectivity index (χ2v) is 4.65. The molecular formula is C14H23NO. The molecule has 16 heavy (non-hydrogen) atoms. The van der Waals surface area contributed by atoms with Crippen LogP contribution in [0.2, 0.25) is 0 Å². The first kappa shape index (κ1) is 13.0. The molecule has 0 aliphatic heterocycles. The van der Waals surface area contributed by atoms with E-state index in [9.17, 15) is 0 Å². The van der Waals surface area contributed by atoms with Crippen LogP contribution in [0, 0.1) is 5.92 Å². The lowest BCUT2D eigenvalue weighted by Crippen LogP contribution is -2.10. The standard InChI is InChI=1S/C14H23NO/c1-11(2)10-12(8-9-15)13-6-4-5-7-14(13)16-3/h4-7,11-12H,8-10,15H2,1-3H3. The molecule has 2 heteroatoms. The number of ether oxygens (including phenoxy) is 1. The normalized spacial score (nSPS) is 12.8. The highest BCUT2D eigenvalue weighted by Gasteiger charge is 2.16. The molecule has 0 radical (unpaired) electrons. The molecule has 1 atom stereocenters. The molecule has 0 aliphatic carbocycles. The molecule has 2 nitrogen and oxygen atoms in total. The third kappa shape index (κ3) is 3.53. The van der Waals surface area contributed by atoms with Gasteiger partial charge >= 0.3 is 0 Å². The SMILES string of the molecule is COc1ccccc1C(CCN)CC(C)C. The van der Waals surface area contributed by atoms with Gasteiger partial charge in [-0.05, 0) is 42.9 Å². The highest BCUT2D eigenvalue weighted by atomic mass is 16.5. The van der Waals surface area contributed by atoms with Crippen molar-refractivity contribution in [3.05, 3.63) is 29.8 Å². The van der Waals surface area contributed by atoms with Gasteiger partial charge in [0.2, 0.25) is 0 Å². The van der Waals surface area contributed by atoms with Gasteiger partial charge in [-0.1, -0.05) is 32.0 Å². The minimum absolute atomic E-state index is 0.515. The van der Waals surface area contributed by atoms with Crippen LogP contribution in [0.1, 0.15) is 38.2 Å². The summed E-state index contributed by atoms with van der Waals surface area (Å²) in [5.74, 6) is 2.18. The topological polar surface area (TPSA) is 35.2 Å². The Labute approximate surface area is 98.8 Å². The Morgan fingerprint density at radius 2 is 1.94 bits per heavy atom. The summed E-state index contributed by atoms with van der Waals surface area (Å²) in [6.07, 6.45) is 2.19. The van der Waals surface area contributed by atoms with Crippen molar-refractivity contribution in [3.8, 4) is 5.75 Å². The highest BCUT2D eigenvalue weighted by molar-refractivity contribution is 5.36. The first-order valence-corrected chi connectivity index (χ1v) is 6.02. The van der Waals surface area contributed by atoms with E-state index in [-0.39, 0.29) is 0 Å². The van der Waals surface area contributed by atoms with E-state index in [2.05, 4.69) is 26.0 Å². The number of methoxy groups -OCH3 is 1. The molecule has 0 saturated heterocycles. The van der Waals surface area contributed by atoms with Gasteiger partial charge < -0.3 is 10.5 Å². The van der Waals surface area contributed by atoms with Crippen molar-refractivity contribution in [3.63, 3.8) is 0 Å². The van der Waals surface area contributed by atoms with E-state index in [0.717, 1.165) is 25.1 Å². The van der Waals surface area contributed by atoms with Crippen molar-refractivity contribution in [1.82, 2.24) is 0 Å². The molecule has 0 amide bonds. The van der Waals surface area contributed by atoms with Gasteiger partial charge in [0, 0.05) is 0 Å². The molecule has 0 fully saturated rings. The van der Waals surface area contributed by atoms with Crippen LogP contribution in [0.25, 0.3) is 0 Å². The van der Waals surface area contributed by atoms with Crippen molar-refractivity contribution >= 4 is 0 Å². The Morgan fingerprint density at radius 1 is 1.25 bits per heavy atom. The molecule has 1 rings (SSSR count). The van der Waals surface area contributed by atoms with Gasteiger partial charge in [0.25, 0.3) is 0 Å². The van der Waals surface area contributed by atoms with Gasteiger partial charge in [-0.25, -0.2) is 0 Å². The average Bonchev–Trinajstić information content (AvgIpc) is 2.28. The largest absolute Gasteiger partial charge is 0.496 e. The van der Waals surface area contributed by atoms with E-state index in [1.807, 2.05) is 12.1 Å². The summed E-state index contributed by atoms with van der Waals surface area (Å²) in [6.45, 7) is 5.23. The molecule has 0 aromatic heterocycles. The van der Waals surface area contributed by atoms with Crippen LogP contribution < -0.4 is 10.5 Å². The molecule has 0 bridgehead atoms. The van der Waals surface area contributed by atoms with Crippen molar-refractivity contribution in [2.45, 2.75) is 32.6 Å². The number of nitrogens with two attached hydrogens (primary N) is 1. The quantitative estimate of drug-likeness (QED) is 0.800. The Hall–Kier alpha value is -1.02. The number of benzene rings is 1. The summed E-state index contributed by atoms with van der Waals surface area (Å²) in [4.78, 5) is 0. The number of hydrogen-bond acceptors (Lipinski definition) is 2. The van der Waals surface area contributed by atoms with E-state index in [4.69, 9.17) is 10.5 Å². The predicted octanol–water partition coefficient (Wildman–Crippen LogP) is 3.17. The summed E-state index contributed by atoms with van der Waals surface area (Å²) in [5.41, 5.74) is 6.99. The molecule has 0 heterocycles. The van der Waals surface area contributed by atoms with Gasteiger partial charge in [0.05, 0.1) is 7.11 Å². The fourth-order valence-corrected chi connectivity index (χ4v) is 2.17. The van der Waals surface area contributed by atoms with Crippen LogP contribution in [0.5, 0.6) is 5.75 Å². The smallest absolute Gasteiger partial charge is 0.122 e. The van der Waals surface area contributed by atoms with Gasteiger partial charge in [0.15, 0.2) is 0 Å². The minimum atomic E-state index is 0.515. The zero-order valence-corrected chi connectivity index (χ0v) is 10.6. The average molecular weight is 221 g/mol. The van der Waals surface area contributed by atoms with Crippen LogP contribution in [-0.4, -0.2) is 13.7 Å². The van der Waals surface area contributed by atoms with Gasteiger partial charge in [0.1, 0.15) is 5.75 Å². The molecule has 0 spiro atoms. The molecule has 90 valence electrons. The molecule has 1 aromatic rings. The van der Waals surface area contributed by atoms with Crippen LogP contribution in [0.4, 0.5) is 0 Å². The zero-order valence-electron chi connectivity index (χ0n) is 10.6. The van der Waals surface area contributed by atoms with Crippen molar-refractivity contribution in [1.29, 1.82) is 0 Å². The van der Waals surface area contributed by atoms with E-state index in [1.54, 1.807) is 7.11 Å². The Bertz CT molecular complexity index is 309. The number of rotatable bonds is 6. The summed E-state index contributed by atoms with van der Waals surface area (Å²) in [7, 11) is 1.73. The lowest BCUT2D eigenvalue weighted by molar-refractivity contribution is 0.395. The molecule has 1 unspecified atom stereocenters. The fraction of sp³-hybridized carbons (Fsp3) is 0.571. The van der Waals surface area contributed by atoms with E-state index in [0.29, 0.717) is 11.8 Å². The van der Waals surface area contributed by atoms with Gasteiger partial charge in [-0.2, -0.15) is 0 Å². The maximum atomic E-state index is 5.69. The van der Waals surface area contributed by atoms with E-state index < -0.39 is 0 Å². The van der Waals surface area contributed by atoms with Crippen molar-refractivity contribution in [2.75, 3.05) is 13.7 Å². The number of para-hydroxylation sites is 1. The molecular weight excluding hydrogens is 198 g/mol. The maximum Gasteiger partial charge on any atom is 0.122 e. The first-order chi connectivity index (χ1) is 7.69. The lowest BCUT2D eigenvalue weighted by atomic mass is 9.87. The molecule has 0 saturated carbocycles. The van der Waals surface area contributed by atoms with Gasteiger partial charge in [-0.3, -0.25) is 0 Å². The van der Waals surface area contributed by atoms with Crippen LogP contribution in [0.3, 0.4) is 0 Å². The second kappa shape index (κ2) is 6.54. The summed E-state index contributed by atoms with van der Waals surface area (Å²) >= 11 is 0. The highest BCUT2D eigenvalue weighted by Crippen LogP contribution is 2.33. The molecule has 0 aliphatic rings. The number of hydrogen-bond donors (Lipinski definition) is 1. The Kier molecular flexibility index (Phi) is 5.33. The summed E-state index contributed by atoms with van der Waals surface area (Å²) < 4.78 is 5.41. The Balaban J connectivity index is 2.90. The summed E-state index contributed by atoms with van der Waals surface area (Å²) in [6, 6.07) is 8.26. The monoisotopic (exact) mass is 221 g/mol. The van der Waals surface area contributed by atoms with Gasteiger partial charge in [-0.15, -0.1) is 0 Å². The third-order valence-corrected chi connectivity index (χ3v) is 2.85. The van der Waals surface area contributed by atoms with Crippen molar-refractivity contribution in [2.24, 2.45) is 11.7 Å². The molecule has 2 N–H and O–H groups in total. The predicted molar refractivity (Wildman–Crippen MR) is 68.9 cm³/mol. The maximum absolute atomic E-state index is 5.69. The van der Waals surface area contributed by atoms with Crippen LogP contribution in [0.15, 0.2) is 24.3 Å². The zero-order chi connectivity index (χ0) is 12.0. The molecule has 1 aromatic carbocycles. The van der Waals surface area contributed by atoms with Crippen LogP contribution >= 0.6 is 0 Å². The lowest BCUT2D eigenvalue weighted by Gasteiger charge is -2.21. The van der Waals surface area contributed by atoms with Crippen LogP contribution in [-0.2, 0) is 0 Å². The first-order valence-electron chi connectivity index (χ1n) is 6.02. The second-order valence-electron chi connectivity index (χ2n) is 4.65. The van der Waals surface area contributed by atoms with E-state index >= 15 is 0 Å². The Morgan fingerprint density at radius 3 is 2.50 bits per heavy atom. The van der Waals surface area contributed by atoms with Crippen molar-refractivity contribution < 1.29 is 4.74 Å². The minimum Gasteiger partial charge on any atom is -0.496 e. The fourth-order valence-electron chi connectivity index (χ4n) is 2.17. The summed E-state index contributed by atoms with van der Waals surface area (Å²) in [5, 5.41) is 0. The third-order valence-electron chi connectivity index (χ3n) is 2.85.